The lowest BCUT2D eigenvalue weighted by Crippen LogP contribution is -2.01. The number of benzene rings is 2. The van der Waals surface area contributed by atoms with Crippen molar-refractivity contribution in [3.63, 3.8) is 0 Å². The van der Waals surface area contributed by atoms with Crippen LogP contribution < -0.4 is 10.6 Å². The minimum atomic E-state index is 0.627. The second-order valence-electron chi connectivity index (χ2n) is 5.68. The number of anilines is 4. The number of rotatable bonds is 5. The first-order valence-corrected chi connectivity index (χ1v) is 8.15. The quantitative estimate of drug-likeness (QED) is 0.709. The third kappa shape index (κ3) is 4.33. The molecule has 0 aliphatic rings. The maximum atomic E-state index is 8.86. The number of aryl methyl sites for hydroxylation is 2. The zero-order valence-electron chi connectivity index (χ0n) is 14.2. The summed E-state index contributed by atoms with van der Waals surface area (Å²) in [6.07, 6.45) is 1.02. The van der Waals surface area contributed by atoms with Crippen molar-refractivity contribution in [3.8, 4) is 6.07 Å². The van der Waals surface area contributed by atoms with E-state index in [-0.39, 0.29) is 0 Å². The van der Waals surface area contributed by atoms with Crippen LogP contribution in [0.3, 0.4) is 0 Å². The third-order valence-corrected chi connectivity index (χ3v) is 3.76. The maximum absolute atomic E-state index is 8.86. The van der Waals surface area contributed by atoms with Gasteiger partial charge in [-0.1, -0.05) is 19.1 Å². The summed E-state index contributed by atoms with van der Waals surface area (Å²) < 4.78 is 0. The van der Waals surface area contributed by atoms with Gasteiger partial charge in [0.2, 0.25) is 0 Å². The summed E-state index contributed by atoms with van der Waals surface area (Å²) in [6.45, 7) is 3.99. The molecule has 0 unspecified atom stereocenters. The van der Waals surface area contributed by atoms with Gasteiger partial charge in [0.1, 0.15) is 17.5 Å². The van der Waals surface area contributed by atoms with E-state index < -0.39 is 0 Å². The molecule has 124 valence electrons. The Bertz CT molecular complexity index is 893. The molecule has 5 heteroatoms. The largest absolute Gasteiger partial charge is 0.340 e. The van der Waals surface area contributed by atoms with E-state index in [0.717, 1.165) is 23.6 Å². The fourth-order valence-electron chi connectivity index (χ4n) is 2.44. The summed E-state index contributed by atoms with van der Waals surface area (Å²) in [5.74, 6) is 2.10. The monoisotopic (exact) mass is 329 g/mol. The van der Waals surface area contributed by atoms with Crippen LogP contribution in [0.1, 0.15) is 23.9 Å². The molecule has 3 aromatic rings. The summed E-state index contributed by atoms with van der Waals surface area (Å²) >= 11 is 0. The zero-order chi connectivity index (χ0) is 17.6. The first-order chi connectivity index (χ1) is 12.2. The molecule has 2 N–H and O–H groups in total. The maximum Gasteiger partial charge on any atom is 0.136 e. The van der Waals surface area contributed by atoms with E-state index in [4.69, 9.17) is 5.26 Å². The smallest absolute Gasteiger partial charge is 0.136 e. The summed E-state index contributed by atoms with van der Waals surface area (Å²) in [4.78, 5) is 8.85. The highest BCUT2D eigenvalue weighted by Crippen LogP contribution is 2.21. The number of aromatic nitrogens is 2. The van der Waals surface area contributed by atoms with Gasteiger partial charge in [-0.2, -0.15) is 5.26 Å². The van der Waals surface area contributed by atoms with E-state index in [2.05, 4.69) is 45.7 Å². The van der Waals surface area contributed by atoms with Crippen molar-refractivity contribution in [2.45, 2.75) is 20.3 Å². The Morgan fingerprint density at radius 2 is 1.40 bits per heavy atom. The van der Waals surface area contributed by atoms with E-state index in [9.17, 15) is 0 Å². The lowest BCUT2D eigenvalue weighted by Gasteiger charge is -2.11. The number of nitrogens with one attached hydrogen (secondary N) is 2. The molecule has 0 fully saturated rings. The van der Waals surface area contributed by atoms with Crippen LogP contribution in [-0.4, -0.2) is 9.97 Å². The van der Waals surface area contributed by atoms with Crippen LogP contribution in [0.25, 0.3) is 0 Å². The molecule has 0 spiro atoms. The molecule has 5 nitrogen and oxygen atoms in total. The predicted octanol–water partition coefficient (Wildman–Crippen LogP) is 4.71. The molecular formula is C20H19N5. The number of hydrogen-bond donors (Lipinski definition) is 2. The van der Waals surface area contributed by atoms with E-state index in [1.807, 2.05) is 37.3 Å². The fraction of sp³-hybridized carbons (Fsp3) is 0.150. The van der Waals surface area contributed by atoms with Gasteiger partial charge in [-0.15, -0.1) is 0 Å². The van der Waals surface area contributed by atoms with Gasteiger partial charge in [-0.25, -0.2) is 9.97 Å². The van der Waals surface area contributed by atoms with Gasteiger partial charge < -0.3 is 10.6 Å². The second-order valence-corrected chi connectivity index (χ2v) is 5.68. The SMILES string of the molecule is CCc1ccc(Nc2cc(Nc3ccc(C#N)cc3)nc(C)n2)cc1. The highest BCUT2D eigenvalue weighted by atomic mass is 15.1. The van der Waals surface area contributed by atoms with Crippen molar-refractivity contribution in [2.75, 3.05) is 10.6 Å². The van der Waals surface area contributed by atoms with Crippen LogP contribution in [0, 0.1) is 18.3 Å². The Labute approximate surface area is 147 Å². The molecule has 1 aromatic heterocycles. The molecule has 0 radical (unpaired) electrons. The van der Waals surface area contributed by atoms with E-state index >= 15 is 0 Å². The van der Waals surface area contributed by atoms with Crippen LogP contribution in [-0.2, 0) is 6.42 Å². The van der Waals surface area contributed by atoms with Gasteiger partial charge in [-0.05, 0) is 55.3 Å². The Balaban J connectivity index is 1.78. The summed E-state index contributed by atoms with van der Waals surface area (Å²) in [6, 6.07) is 19.5. The summed E-state index contributed by atoms with van der Waals surface area (Å²) in [5, 5.41) is 15.4. The Hall–Kier alpha value is -3.39. The lowest BCUT2D eigenvalue weighted by molar-refractivity contribution is 1.06. The van der Waals surface area contributed by atoms with Crippen LogP contribution in [0.5, 0.6) is 0 Å². The van der Waals surface area contributed by atoms with Gasteiger partial charge in [-0.3, -0.25) is 0 Å². The second kappa shape index (κ2) is 7.45. The van der Waals surface area contributed by atoms with Gasteiger partial charge in [0, 0.05) is 17.4 Å². The minimum absolute atomic E-state index is 0.627. The molecule has 3 rings (SSSR count). The third-order valence-electron chi connectivity index (χ3n) is 3.76. The van der Waals surface area contributed by atoms with Crippen molar-refractivity contribution in [1.82, 2.24) is 9.97 Å². The molecule has 25 heavy (non-hydrogen) atoms. The summed E-state index contributed by atoms with van der Waals surface area (Å²) in [5.41, 5.74) is 3.78. The summed E-state index contributed by atoms with van der Waals surface area (Å²) in [7, 11) is 0. The first-order valence-electron chi connectivity index (χ1n) is 8.15. The van der Waals surface area contributed by atoms with Crippen molar-refractivity contribution < 1.29 is 0 Å². The van der Waals surface area contributed by atoms with Crippen LogP contribution >= 0.6 is 0 Å². The van der Waals surface area contributed by atoms with Crippen molar-refractivity contribution >= 4 is 23.0 Å². The van der Waals surface area contributed by atoms with Crippen molar-refractivity contribution in [2.24, 2.45) is 0 Å². The molecule has 0 saturated heterocycles. The average molecular weight is 329 g/mol. The van der Waals surface area contributed by atoms with E-state index in [0.29, 0.717) is 17.2 Å². The molecule has 0 atom stereocenters. The van der Waals surface area contributed by atoms with Crippen molar-refractivity contribution in [3.05, 3.63) is 71.5 Å². The molecule has 0 amide bonds. The van der Waals surface area contributed by atoms with Gasteiger partial charge in [0.25, 0.3) is 0 Å². The first kappa shape index (κ1) is 16.5. The average Bonchev–Trinajstić information content (AvgIpc) is 2.62. The highest BCUT2D eigenvalue weighted by Gasteiger charge is 2.04. The molecule has 0 saturated carbocycles. The van der Waals surface area contributed by atoms with E-state index in [1.54, 1.807) is 12.1 Å². The minimum Gasteiger partial charge on any atom is -0.340 e. The molecule has 2 aromatic carbocycles. The standard InChI is InChI=1S/C20H19N5/c1-3-15-4-8-17(9-5-15)24-19-12-20(23-14(2)22-19)25-18-10-6-16(13-21)7-11-18/h4-12H,3H2,1-2H3,(H2,22,23,24,25). The molecule has 0 bridgehead atoms. The van der Waals surface area contributed by atoms with Gasteiger partial charge in [0.05, 0.1) is 11.6 Å². The lowest BCUT2D eigenvalue weighted by atomic mass is 10.1. The highest BCUT2D eigenvalue weighted by molar-refractivity contribution is 5.63. The molecule has 0 aliphatic heterocycles. The molecule has 0 aliphatic carbocycles. The Morgan fingerprint density at radius 3 is 1.88 bits per heavy atom. The Kier molecular flexibility index (Phi) is 4.91. The van der Waals surface area contributed by atoms with Gasteiger partial charge >= 0.3 is 0 Å². The number of nitrogens with zero attached hydrogens (tertiary/aromatic N) is 3. The zero-order valence-corrected chi connectivity index (χ0v) is 14.2. The number of nitriles is 1. The molecule has 1 heterocycles. The van der Waals surface area contributed by atoms with Crippen LogP contribution in [0.2, 0.25) is 0 Å². The Morgan fingerprint density at radius 1 is 0.880 bits per heavy atom. The fourth-order valence-corrected chi connectivity index (χ4v) is 2.44. The van der Waals surface area contributed by atoms with Crippen LogP contribution in [0.4, 0.5) is 23.0 Å². The normalized spacial score (nSPS) is 10.1. The van der Waals surface area contributed by atoms with Crippen molar-refractivity contribution in [1.29, 1.82) is 5.26 Å². The molecular weight excluding hydrogens is 310 g/mol. The van der Waals surface area contributed by atoms with Crippen LogP contribution in [0.15, 0.2) is 54.6 Å². The topological polar surface area (TPSA) is 73.6 Å². The van der Waals surface area contributed by atoms with E-state index in [1.165, 1.54) is 5.56 Å². The van der Waals surface area contributed by atoms with Gasteiger partial charge in [0.15, 0.2) is 0 Å². The number of hydrogen-bond acceptors (Lipinski definition) is 5. The predicted molar refractivity (Wildman–Crippen MR) is 100 cm³/mol.